The third-order valence-electron chi connectivity index (χ3n) is 3.84. The first-order chi connectivity index (χ1) is 8.74. The van der Waals surface area contributed by atoms with E-state index in [1.165, 1.54) is 41.4 Å². The van der Waals surface area contributed by atoms with Gasteiger partial charge in [-0.1, -0.05) is 35.0 Å². The maximum atomic E-state index is 3.71. The van der Waals surface area contributed by atoms with Crippen molar-refractivity contribution in [1.29, 1.82) is 0 Å². The van der Waals surface area contributed by atoms with Crippen LogP contribution in [-0.2, 0) is 13.1 Å². The Morgan fingerprint density at radius 3 is 2.94 bits per heavy atom. The molecule has 0 amide bonds. The van der Waals surface area contributed by atoms with Gasteiger partial charge in [-0.3, -0.25) is 4.90 Å². The van der Waals surface area contributed by atoms with Crippen LogP contribution in [0.1, 0.15) is 37.3 Å². The smallest absolute Gasteiger partial charge is 0.0247 e. The Labute approximate surface area is 119 Å². The monoisotopic (exact) mass is 310 g/mol. The van der Waals surface area contributed by atoms with Crippen LogP contribution in [0.3, 0.4) is 0 Å². The highest BCUT2D eigenvalue weighted by Gasteiger charge is 2.23. The molecule has 2 rings (SSSR count). The minimum Gasteiger partial charge on any atom is -0.316 e. The average Bonchev–Trinajstić information content (AvgIpc) is 2.80. The van der Waals surface area contributed by atoms with Crippen molar-refractivity contribution >= 4 is 15.9 Å². The van der Waals surface area contributed by atoms with Gasteiger partial charge in [0.2, 0.25) is 0 Å². The van der Waals surface area contributed by atoms with Crippen LogP contribution in [0.2, 0.25) is 0 Å². The Bertz CT molecular complexity index is 392. The van der Waals surface area contributed by atoms with Crippen LogP contribution in [0, 0.1) is 0 Å². The second-order valence-electron chi connectivity index (χ2n) is 5.13. The molecule has 1 unspecified atom stereocenters. The zero-order valence-electron chi connectivity index (χ0n) is 11.4. The van der Waals surface area contributed by atoms with Gasteiger partial charge >= 0.3 is 0 Å². The lowest BCUT2D eigenvalue weighted by Gasteiger charge is -2.24. The molecule has 2 nitrogen and oxygen atoms in total. The Morgan fingerprint density at radius 2 is 2.28 bits per heavy atom. The minimum atomic E-state index is 0.786. The highest BCUT2D eigenvalue weighted by Crippen LogP contribution is 2.26. The molecule has 0 aliphatic carbocycles. The van der Waals surface area contributed by atoms with Gasteiger partial charge in [-0.25, -0.2) is 0 Å². The first-order valence-electron chi connectivity index (χ1n) is 6.90. The fraction of sp³-hybridized carbons (Fsp3) is 0.600. The summed E-state index contributed by atoms with van der Waals surface area (Å²) in [6, 6.07) is 7.52. The Hall–Kier alpha value is -0.380. The second-order valence-corrected chi connectivity index (χ2v) is 5.99. The zero-order chi connectivity index (χ0) is 13.0. The Kier molecular flexibility index (Phi) is 5.22. The molecule has 0 bridgehead atoms. The van der Waals surface area contributed by atoms with Crippen LogP contribution in [-0.4, -0.2) is 24.5 Å². The summed E-state index contributed by atoms with van der Waals surface area (Å²) in [5.74, 6) is 0. The molecule has 0 aromatic heterocycles. The predicted octanol–water partition coefficient (Wildman–Crippen LogP) is 3.54. The van der Waals surface area contributed by atoms with E-state index < -0.39 is 0 Å². The lowest BCUT2D eigenvalue weighted by molar-refractivity contribution is 0.239. The highest BCUT2D eigenvalue weighted by atomic mass is 79.9. The van der Waals surface area contributed by atoms with Gasteiger partial charge in [-0.2, -0.15) is 0 Å². The van der Waals surface area contributed by atoms with Crippen LogP contribution < -0.4 is 5.32 Å². The second kappa shape index (κ2) is 6.69. The Morgan fingerprint density at radius 1 is 1.44 bits per heavy atom. The van der Waals surface area contributed by atoms with Crippen LogP contribution in [0.4, 0.5) is 0 Å². The molecular weight excluding hydrogens is 288 g/mol. The standard InChI is InChI=1S/C15H23BrN2/c1-3-14-5-4-8-18(14)11-13-7-6-12(10-17-2)9-15(13)16/h6-7,9,14,17H,3-5,8,10-11H2,1-2H3. The summed E-state index contributed by atoms with van der Waals surface area (Å²) in [7, 11) is 1.98. The SMILES string of the molecule is CCC1CCCN1Cc1ccc(CNC)cc1Br. The van der Waals surface area contributed by atoms with E-state index in [1.807, 2.05) is 7.05 Å². The van der Waals surface area contributed by atoms with Gasteiger partial charge in [0.05, 0.1) is 0 Å². The zero-order valence-corrected chi connectivity index (χ0v) is 13.0. The van der Waals surface area contributed by atoms with Crippen molar-refractivity contribution in [3.63, 3.8) is 0 Å². The maximum Gasteiger partial charge on any atom is 0.0247 e. The van der Waals surface area contributed by atoms with Gasteiger partial charge < -0.3 is 5.32 Å². The predicted molar refractivity (Wildman–Crippen MR) is 80.6 cm³/mol. The summed E-state index contributed by atoms with van der Waals surface area (Å²) in [4.78, 5) is 2.62. The highest BCUT2D eigenvalue weighted by molar-refractivity contribution is 9.10. The van der Waals surface area contributed by atoms with Crippen molar-refractivity contribution < 1.29 is 0 Å². The molecule has 1 fully saturated rings. The topological polar surface area (TPSA) is 15.3 Å². The molecule has 1 atom stereocenters. The molecule has 18 heavy (non-hydrogen) atoms. The van der Waals surface area contributed by atoms with E-state index in [-0.39, 0.29) is 0 Å². The van der Waals surface area contributed by atoms with Crippen LogP contribution in [0.25, 0.3) is 0 Å². The van der Waals surface area contributed by atoms with Gasteiger partial charge in [-0.15, -0.1) is 0 Å². The van der Waals surface area contributed by atoms with Crippen molar-refractivity contribution in [2.75, 3.05) is 13.6 Å². The molecule has 0 saturated carbocycles. The summed E-state index contributed by atoms with van der Waals surface area (Å²) >= 11 is 3.71. The molecule has 1 heterocycles. The molecule has 1 aliphatic heterocycles. The van der Waals surface area contributed by atoms with Crippen molar-refractivity contribution in [2.45, 2.75) is 45.3 Å². The molecule has 1 aromatic carbocycles. The summed E-state index contributed by atoms with van der Waals surface area (Å²) in [5.41, 5.74) is 2.75. The molecule has 1 aliphatic rings. The molecule has 1 saturated heterocycles. The first-order valence-corrected chi connectivity index (χ1v) is 7.69. The van der Waals surface area contributed by atoms with E-state index in [2.05, 4.69) is 51.3 Å². The quantitative estimate of drug-likeness (QED) is 0.895. The van der Waals surface area contributed by atoms with E-state index in [4.69, 9.17) is 0 Å². The summed E-state index contributed by atoms with van der Waals surface area (Å²) < 4.78 is 1.25. The lowest BCUT2D eigenvalue weighted by atomic mass is 10.1. The molecule has 0 radical (unpaired) electrons. The molecular formula is C15H23BrN2. The third-order valence-corrected chi connectivity index (χ3v) is 4.58. The number of nitrogens with one attached hydrogen (secondary N) is 1. The molecule has 3 heteroatoms. The lowest BCUT2D eigenvalue weighted by Crippen LogP contribution is -2.28. The third kappa shape index (κ3) is 3.34. The molecule has 1 aromatic rings. The van der Waals surface area contributed by atoms with Crippen molar-refractivity contribution in [2.24, 2.45) is 0 Å². The number of rotatable bonds is 5. The van der Waals surface area contributed by atoms with Crippen LogP contribution in [0.15, 0.2) is 22.7 Å². The van der Waals surface area contributed by atoms with Gasteiger partial charge in [0.25, 0.3) is 0 Å². The largest absolute Gasteiger partial charge is 0.316 e. The molecule has 0 spiro atoms. The van der Waals surface area contributed by atoms with Gasteiger partial charge in [0.15, 0.2) is 0 Å². The number of nitrogens with zero attached hydrogens (tertiary/aromatic N) is 1. The number of hydrogen-bond donors (Lipinski definition) is 1. The van der Waals surface area contributed by atoms with E-state index >= 15 is 0 Å². The number of halogens is 1. The average molecular weight is 311 g/mol. The van der Waals surface area contributed by atoms with Crippen molar-refractivity contribution in [1.82, 2.24) is 10.2 Å². The van der Waals surface area contributed by atoms with E-state index in [9.17, 15) is 0 Å². The van der Waals surface area contributed by atoms with Crippen molar-refractivity contribution in [3.05, 3.63) is 33.8 Å². The summed E-state index contributed by atoms with van der Waals surface area (Å²) in [6.45, 7) is 5.57. The van der Waals surface area contributed by atoms with Gasteiger partial charge in [-0.05, 0) is 50.0 Å². The minimum absolute atomic E-state index is 0.786. The van der Waals surface area contributed by atoms with Crippen LogP contribution in [0.5, 0.6) is 0 Å². The summed E-state index contributed by atoms with van der Waals surface area (Å²) in [5, 5.41) is 3.19. The molecule has 1 N–H and O–H groups in total. The number of likely N-dealkylation sites (tertiary alicyclic amines) is 1. The summed E-state index contributed by atoms with van der Waals surface area (Å²) in [6.07, 6.45) is 4.00. The van der Waals surface area contributed by atoms with Crippen LogP contribution >= 0.6 is 15.9 Å². The fourth-order valence-corrected chi connectivity index (χ4v) is 3.37. The van der Waals surface area contributed by atoms with E-state index in [1.54, 1.807) is 0 Å². The molecule has 100 valence electrons. The number of benzene rings is 1. The normalized spacial score (nSPS) is 20.5. The fourth-order valence-electron chi connectivity index (χ4n) is 2.82. The number of hydrogen-bond acceptors (Lipinski definition) is 2. The van der Waals surface area contributed by atoms with Crippen molar-refractivity contribution in [3.8, 4) is 0 Å². The first kappa shape index (κ1) is 14.0. The van der Waals surface area contributed by atoms with Gasteiger partial charge in [0, 0.05) is 23.6 Å². The Balaban J connectivity index is 2.05. The maximum absolute atomic E-state index is 3.71. The van der Waals surface area contributed by atoms with E-state index in [0.29, 0.717) is 0 Å². The van der Waals surface area contributed by atoms with E-state index in [0.717, 1.165) is 19.1 Å². The van der Waals surface area contributed by atoms with Gasteiger partial charge in [0.1, 0.15) is 0 Å².